The summed E-state index contributed by atoms with van der Waals surface area (Å²) in [6.45, 7) is 6.22. The number of aromatic nitrogens is 1. The topological polar surface area (TPSA) is 80.6 Å². The van der Waals surface area contributed by atoms with Crippen molar-refractivity contribution in [1.82, 2.24) is 14.8 Å². The maximum atomic E-state index is 6.41. The maximum absolute atomic E-state index is 6.41. The minimum atomic E-state index is 0.0724. The van der Waals surface area contributed by atoms with Crippen LogP contribution in [0.4, 0.5) is 5.82 Å². The number of hydrogen-bond donors (Lipinski definition) is 2. The third-order valence-electron chi connectivity index (χ3n) is 6.18. The van der Waals surface area contributed by atoms with Gasteiger partial charge in [0.15, 0.2) is 0 Å². The highest BCUT2D eigenvalue weighted by atomic mass is 16.5. The van der Waals surface area contributed by atoms with Crippen LogP contribution in [0.2, 0.25) is 0 Å². The molecule has 2 aromatic carbocycles. The molecule has 1 atom stereocenters. The van der Waals surface area contributed by atoms with Gasteiger partial charge in [0.1, 0.15) is 11.6 Å². The van der Waals surface area contributed by atoms with Gasteiger partial charge in [0.05, 0.1) is 12.8 Å². The number of rotatable bonds is 8. The molecule has 32 heavy (non-hydrogen) atoms. The molecule has 1 aromatic heterocycles. The molecule has 0 bridgehead atoms. The summed E-state index contributed by atoms with van der Waals surface area (Å²) in [5, 5.41) is 0. The van der Waals surface area contributed by atoms with E-state index in [-0.39, 0.29) is 6.04 Å². The van der Waals surface area contributed by atoms with Crippen molar-refractivity contribution in [3.8, 4) is 17.0 Å². The van der Waals surface area contributed by atoms with Gasteiger partial charge in [0.2, 0.25) is 0 Å². The molecule has 1 saturated heterocycles. The normalized spacial score (nSPS) is 16.1. The Hall–Kier alpha value is -2.93. The van der Waals surface area contributed by atoms with Crippen LogP contribution >= 0.6 is 0 Å². The van der Waals surface area contributed by atoms with Gasteiger partial charge in [0, 0.05) is 50.9 Å². The Kier molecular flexibility index (Phi) is 7.37. The molecular weight excluding hydrogens is 398 g/mol. The summed E-state index contributed by atoms with van der Waals surface area (Å²) in [7, 11) is 1.70. The molecule has 0 spiro atoms. The van der Waals surface area contributed by atoms with Crippen LogP contribution in [0, 0.1) is 0 Å². The molecule has 2 heterocycles. The van der Waals surface area contributed by atoms with E-state index in [1.807, 2.05) is 18.2 Å². The van der Waals surface area contributed by atoms with Gasteiger partial charge >= 0.3 is 0 Å². The molecule has 0 amide bonds. The van der Waals surface area contributed by atoms with Crippen molar-refractivity contribution in [3.63, 3.8) is 0 Å². The molecule has 1 unspecified atom stereocenters. The zero-order valence-corrected chi connectivity index (χ0v) is 18.8. The predicted octanol–water partition coefficient (Wildman–Crippen LogP) is 3.20. The van der Waals surface area contributed by atoms with E-state index in [1.165, 1.54) is 11.1 Å². The van der Waals surface area contributed by atoms with Crippen LogP contribution < -0.4 is 16.2 Å². The first kappa shape index (κ1) is 22.3. The first-order valence-electron chi connectivity index (χ1n) is 11.3. The fourth-order valence-corrected chi connectivity index (χ4v) is 4.27. The van der Waals surface area contributed by atoms with Gasteiger partial charge in [-0.15, -0.1) is 0 Å². The predicted molar refractivity (Wildman–Crippen MR) is 131 cm³/mol. The minimum Gasteiger partial charge on any atom is -0.496 e. The zero-order valence-electron chi connectivity index (χ0n) is 18.8. The Morgan fingerprint density at radius 1 is 0.938 bits per heavy atom. The Labute approximate surface area is 190 Å². The van der Waals surface area contributed by atoms with E-state index in [1.54, 1.807) is 13.2 Å². The second-order valence-corrected chi connectivity index (χ2v) is 8.39. The second-order valence-electron chi connectivity index (χ2n) is 8.39. The Morgan fingerprint density at radius 3 is 2.41 bits per heavy atom. The number of methoxy groups -OCH3 is 1. The number of anilines is 1. The number of benzene rings is 2. The summed E-state index contributed by atoms with van der Waals surface area (Å²) >= 11 is 0. The molecule has 3 aromatic rings. The van der Waals surface area contributed by atoms with Crippen LogP contribution in [-0.4, -0.2) is 61.2 Å². The highest BCUT2D eigenvalue weighted by molar-refractivity contribution is 5.68. The summed E-state index contributed by atoms with van der Waals surface area (Å²) < 4.78 is 5.65. The van der Waals surface area contributed by atoms with Crippen molar-refractivity contribution in [2.24, 2.45) is 5.73 Å². The Balaban J connectivity index is 1.28. The summed E-state index contributed by atoms with van der Waals surface area (Å²) in [5.74, 6) is 1.35. The van der Waals surface area contributed by atoms with E-state index < -0.39 is 0 Å². The van der Waals surface area contributed by atoms with Gasteiger partial charge in [-0.05, 0) is 41.8 Å². The van der Waals surface area contributed by atoms with Crippen molar-refractivity contribution in [2.45, 2.75) is 12.5 Å². The first-order valence-corrected chi connectivity index (χ1v) is 11.3. The summed E-state index contributed by atoms with van der Waals surface area (Å²) in [4.78, 5) is 9.43. The van der Waals surface area contributed by atoms with Crippen LogP contribution in [0.1, 0.15) is 17.2 Å². The molecular formula is C26H33N5O. The molecule has 0 saturated carbocycles. The summed E-state index contributed by atoms with van der Waals surface area (Å²) in [5.41, 5.74) is 16.5. The number of ether oxygens (including phenoxy) is 1. The highest BCUT2D eigenvalue weighted by Gasteiger charge is 2.19. The molecule has 1 aliphatic heterocycles. The van der Waals surface area contributed by atoms with Gasteiger partial charge in [-0.2, -0.15) is 0 Å². The van der Waals surface area contributed by atoms with Gasteiger partial charge in [-0.1, -0.05) is 42.5 Å². The van der Waals surface area contributed by atoms with Crippen molar-refractivity contribution in [1.29, 1.82) is 0 Å². The fraction of sp³-hybridized carbons (Fsp3) is 0.346. The van der Waals surface area contributed by atoms with Crippen LogP contribution in [0.5, 0.6) is 5.75 Å². The number of piperazine rings is 1. The van der Waals surface area contributed by atoms with Gasteiger partial charge in [-0.25, -0.2) is 4.98 Å². The second kappa shape index (κ2) is 10.6. The number of nitrogens with two attached hydrogens (primary N) is 2. The third kappa shape index (κ3) is 5.65. The molecule has 1 fully saturated rings. The largest absolute Gasteiger partial charge is 0.496 e. The van der Waals surface area contributed by atoms with Crippen LogP contribution in [0.3, 0.4) is 0 Å². The number of nitrogen functional groups attached to an aromatic ring is 1. The lowest BCUT2D eigenvalue weighted by molar-refractivity contribution is 0.128. The zero-order chi connectivity index (χ0) is 22.3. The lowest BCUT2D eigenvalue weighted by Crippen LogP contribution is -2.48. The van der Waals surface area contributed by atoms with Crippen LogP contribution in [0.25, 0.3) is 11.3 Å². The van der Waals surface area contributed by atoms with E-state index in [9.17, 15) is 0 Å². The first-order chi connectivity index (χ1) is 15.6. The Morgan fingerprint density at radius 2 is 1.69 bits per heavy atom. The molecule has 0 aliphatic carbocycles. The molecule has 4 N–H and O–H groups in total. The monoisotopic (exact) mass is 431 g/mol. The fourth-order valence-electron chi connectivity index (χ4n) is 4.27. The Bertz CT molecular complexity index is 1000. The quantitative estimate of drug-likeness (QED) is 0.570. The van der Waals surface area contributed by atoms with Gasteiger partial charge < -0.3 is 21.1 Å². The molecule has 0 radical (unpaired) electrons. The van der Waals surface area contributed by atoms with E-state index in [0.717, 1.165) is 62.7 Å². The number of hydrogen-bond acceptors (Lipinski definition) is 6. The van der Waals surface area contributed by atoms with E-state index >= 15 is 0 Å². The summed E-state index contributed by atoms with van der Waals surface area (Å²) in [6, 6.07) is 22.5. The number of nitrogens with zero attached hydrogens (tertiary/aromatic N) is 3. The van der Waals surface area contributed by atoms with Gasteiger partial charge in [0.25, 0.3) is 0 Å². The van der Waals surface area contributed by atoms with Gasteiger partial charge in [-0.3, -0.25) is 4.90 Å². The smallest absolute Gasteiger partial charge is 0.128 e. The lowest BCUT2D eigenvalue weighted by atomic mass is 10.0. The SMILES string of the molecule is COc1cc(CCN2CCN(CC(N)c3ccccc3)CC2)ccc1-c1cccc(N)n1. The van der Waals surface area contributed by atoms with Crippen LogP contribution in [0.15, 0.2) is 66.7 Å². The minimum absolute atomic E-state index is 0.0724. The average Bonchev–Trinajstić information content (AvgIpc) is 2.84. The van der Waals surface area contributed by atoms with Crippen molar-refractivity contribution >= 4 is 5.82 Å². The van der Waals surface area contributed by atoms with E-state index in [4.69, 9.17) is 16.2 Å². The molecule has 6 heteroatoms. The van der Waals surface area contributed by atoms with Crippen molar-refractivity contribution in [3.05, 3.63) is 77.9 Å². The maximum Gasteiger partial charge on any atom is 0.128 e. The molecule has 1 aliphatic rings. The average molecular weight is 432 g/mol. The number of pyridine rings is 1. The summed E-state index contributed by atoms with van der Waals surface area (Å²) in [6.07, 6.45) is 0.991. The van der Waals surface area contributed by atoms with E-state index in [0.29, 0.717) is 5.82 Å². The third-order valence-corrected chi connectivity index (χ3v) is 6.18. The van der Waals surface area contributed by atoms with Crippen molar-refractivity contribution < 1.29 is 4.74 Å². The lowest BCUT2D eigenvalue weighted by Gasteiger charge is -2.36. The standard InChI is InChI=1S/C26H33N5O/c1-32-25-18-20(10-11-22(25)24-8-5-9-26(28)29-24)12-13-30-14-16-31(17-15-30)19-23(27)21-6-3-2-4-7-21/h2-11,18,23H,12-17,19,27H2,1H3,(H2,28,29). The highest BCUT2D eigenvalue weighted by Crippen LogP contribution is 2.30. The molecule has 6 nitrogen and oxygen atoms in total. The van der Waals surface area contributed by atoms with Crippen molar-refractivity contribution in [2.75, 3.05) is 52.1 Å². The molecule has 4 rings (SSSR count). The van der Waals surface area contributed by atoms with Crippen LogP contribution in [-0.2, 0) is 6.42 Å². The molecule has 168 valence electrons. The van der Waals surface area contributed by atoms with E-state index in [2.05, 4.69) is 57.2 Å².